The summed E-state index contributed by atoms with van der Waals surface area (Å²) >= 11 is 6.28. The van der Waals surface area contributed by atoms with E-state index in [0.717, 1.165) is 57.9 Å². The van der Waals surface area contributed by atoms with E-state index in [-0.39, 0.29) is 24.8 Å². The molecule has 1 aromatic rings. The zero-order chi connectivity index (χ0) is 16.5. The van der Waals surface area contributed by atoms with Crippen LogP contribution in [0.2, 0.25) is 5.02 Å². The summed E-state index contributed by atoms with van der Waals surface area (Å²) < 4.78 is 16.3. The first kappa shape index (κ1) is 24.6. The maximum atomic E-state index is 6.28. The molecule has 0 radical (unpaired) electrons. The van der Waals surface area contributed by atoms with Gasteiger partial charge in [0.1, 0.15) is 0 Å². The lowest BCUT2D eigenvalue weighted by Crippen LogP contribution is -3.00. The molecule has 0 unspecified atom stereocenters. The fraction of sp³-hybridized carbons (Fsp3) is 0.647. The van der Waals surface area contributed by atoms with Gasteiger partial charge in [-0.15, -0.1) is 0 Å². The van der Waals surface area contributed by atoms with Crippen LogP contribution in [0.1, 0.15) is 18.9 Å². The van der Waals surface area contributed by atoms with Crippen molar-refractivity contribution in [3.05, 3.63) is 22.7 Å². The van der Waals surface area contributed by atoms with Crippen molar-refractivity contribution in [1.29, 1.82) is 0 Å². The van der Waals surface area contributed by atoms with E-state index in [4.69, 9.17) is 25.8 Å². The van der Waals surface area contributed by atoms with Gasteiger partial charge in [-0.1, -0.05) is 11.6 Å². The van der Waals surface area contributed by atoms with E-state index in [2.05, 4.69) is 10.2 Å². The monoisotopic (exact) mass is 412 g/mol. The molecule has 0 bridgehead atoms. The van der Waals surface area contributed by atoms with E-state index in [0.29, 0.717) is 23.1 Å². The Labute approximate surface area is 168 Å². The van der Waals surface area contributed by atoms with Crippen molar-refractivity contribution in [2.24, 2.45) is 0 Å². The second kappa shape index (κ2) is 13.7. The Bertz CT molecular complexity index is 486. The van der Waals surface area contributed by atoms with Crippen molar-refractivity contribution in [3.8, 4) is 11.5 Å². The molecular weight excluding hydrogens is 387 g/mol. The number of hydrogen-bond acceptors (Lipinski definition) is 5. The molecule has 1 aliphatic rings. The van der Waals surface area contributed by atoms with Gasteiger partial charge in [0.25, 0.3) is 0 Å². The Morgan fingerprint density at radius 1 is 1.24 bits per heavy atom. The van der Waals surface area contributed by atoms with Crippen molar-refractivity contribution < 1.29 is 39.0 Å². The molecule has 1 saturated heterocycles. The van der Waals surface area contributed by atoms with Crippen LogP contribution in [0, 0.1) is 0 Å². The molecule has 5 nitrogen and oxygen atoms in total. The zero-order valence-electron chi connectivity index (χ0n) is 14.8. The minimum absolute atomic E-state index is 0. The van der Waals surface area contributed by atoms with Crippen LogP contribution in [-0.2, 0) is 11.3 Å². The Morgan fingerprint density at radius 3 is 2.60 bits per heavy atom. The highest BCUT2D eigenvalue weighted by Crippen LogP contribution is 2.36. The molecule has 146 valence electrons. The van der Waals surface area contributed by atoms with Crippen LogP contribution >= 0.6 is 11.6 Å². The minimum Gasteiger partial charge on any atom is -1.00 e. The lowest BCUT2D eigenvalue weighted by Gasteiger charge is -2.26. The second-order valence-corrected chi connectivity index (χ2v) is 5.93. The summed E-state index contributed by atoms with van der Waals surface area (Å²) in [5.74, 6) is 1.30. The summed E-state index contributed by atoms with van der Waals surface area (Å²) in [6.07, 6.45) is 1.13. The Hall–Kier alpha value is -0.430. The molecule has 0 aromatic heterocycles. The molecule has 0 spiro atoms. The van der Waals surface area contributed by atoms with Crippen LogP contribution in [0.3, 0.4) is 0 Å². The maximum absolute atomic E-state index is 6.28. The van der Waals surface area contributed by atoms with Crippen molar-refractivity contribution in [2.75, 3.05) is 53.1 Å². The quantitative estimate of drug-likeness (QED) is 0.427. The molecule has 1 heterocycles. The lowest BCUT2D eigenvalue weighted by atomic mass is 10.2. The van der Waals surface area contributed by atoms with Crippen molar-refractivity contribution in [2.45, 2.75) is 19.9 Å². The number of benzene rings is 1. The first-order chi connectivity index (χ1) is 11.2. The molecule has 0 amide bonds. The summed E-state index contributed by atoms with van der Waals surface area (Å²) in [6, 6.07) is 3.91. The SMILES string of the molecule is CCOc1c(Cl)cc(CNCCCN2CCOCC2)cc1OC.[Cl-].[Cl-]. The van der Waals surface area contributed by atoms with Crippen molar-refractivity contribution in [1.82, 2.24) is 10.2 Å². The van der Waals surface area contributed by atoms with Crippen LogP contribution in [0.4, 0.5) is 0 Å². The van der Waals surface area contributed by atoms with Crippen LogP contribution in [-0.4, -0.2) is 58.0 Å². The number of nitrogens with zero attached hydrogens (tertiary/aromatic N) is 1. The van der Waals surface area contributed by atoms with Crippen molar-refractivity contribution >= 4 is 11.6 Å². The highest BCUT2D eigenvalue weighted by molar-refractivity contribution is 6.32. The Balaban J connectivity index is 0.00000288. The molecule has 8 heteroatoms. The van der Waals surface area contributed by atoms with Crippen LogP contribution in [0.25, 0.3) is 0 Å². The number of nitrogens with one attached hydrogen (secondary N) is 1. The van der Waals surface area contributed by atoms with E-state index in [1.165, 1.54) is 0 Å². The number of halogens is 3. The smallest absolute Gasteiger partial charge is 0.179 e. The molecule has 1 aliphatic heterocycles. The Kier molecular flexibility index (Phi) is 13.5. The number of rotatable bonds is 9. The molecule has 0 saturated carbocycles. The highest BCUT2D eigenvalue weighted by Gasteiger charge is 2.12. The lowest BCUT2D eigenvalue weighted by molar-refractivity contribution is -0.001000. The topological polar surface area (TPSA) is 43.0 Å². The van der Waals surface area contributed by atoms with Gasteiger partial charge in [-0.3, -0.25) is 4.90 Å². The van der Waals surface area contributed by atoms with Gasteiger partial charge in [0.05, 0.1) is 32.0 Å². The molecule has 1 aromatic carbocycles. The predicted molar refractivity (Wildman–Crippen MR) is 92.8 cm³/mol. The highest BCUT2D eigenvalue weighted by atomic mass is 35.5. The van der Waals surface area contributed by atoms with Crippen LogP contribution in [0.5, 0.6) is 11.5 Å². The Morgan fingerprint density at radius 2 is 1.96 bits per heavy atom. The predicted octanol–water partition coefficient (Wildman–Crippen LogP) is -3.43. The van der Waals surface area contributed by atoms with Gasteiger partial charge in [0, 0.05) is 19.6 Å². The number of methoxy groups -OCH3 is 1. The summed E-state index contributed by atoms with van der Waals surface area (Å²) in [7, 11) is 1.63. The molecule has 2 rings (SSSR count). The third-order valence-electron chi connectivity index (χ3n) is 3.84. The van der Waals surface area contributed by atoms with E-state index >= 15 is 0 Å². The molecule has 25 heavy (non-hydrogen) atoms. The first-order valence-corrected chi connectivity index (χ1v) is 8.62. The molecule has 0 atom stereocenters. The number of morpholine rings is 1. The molecular formula is C17H27Cl3N2O3-2. The minimum atomic E-state index is 0. The summed E-state index contributed by atoms with van der Waals surface area (Å²) in [4.78, 5) is 2.45. The maximum Gasteiger partial charge on any atom is 0.179 e. The third-order valence-corrected chi connectivity index (χ3v) is 4.12. The van der Waals surface area contributed by atoms with E-state index in [1.54, 1.807) is 7.11 Å². The molecule has 1 N–H and O–H groups in total. The van der Waals surface area contributed by atoms with Gasteiger partial charge in [0.2, 0.25) is 0 Å². The summed E-state index contributed by atoms with van der Waals surface area (Å²) in [5, 5.41) is 4.05. The van der Waals surface area contributed by atoms with Gasteiger partial charge in [-0.2, -0.15) is 0 Å². The normalized spacial score (nSPS) is 14.4. The summed E-state index contributed by atoms with van der Waals surface area (Å²) in [6.45, 7) is 9.17. The van der Waals surface area contributed by atoms with Gasteiger partial charge in [0.15, 0.2) is 11.5 Å². The fourth-order valence-corrected chi connectivity index (χ4v) is 2.93. The van der Waals surface area contributed by atoms with Crippen LogP contribution < -0.4 is 39.6 Å². The molecule has 1 fully saturated rings. The van der Waals surface area contributed by atoms with E-state index < -0.39 is 0 Å². The van der Waals surface area contributed by atoms with Crippen molar-refractivity contribution in [3.63, 3.8) is 0 Å². The van der Waals surface area contributed by atoms with Gasteiger partial charge >= 0.3 is 0 Å². The van der Waals surface area contributed by atoms with Gasteiger partial charge < -0.3 is 44.3 Å². The van der Waals surface area contributed by atoms with Gasteiger partial charge in [-0.05, 0) is 44.1 Å². The van der Waals surface area contributed by atoms with E-state index in [1.807, 2.05) is 19.1 Å². The second-order valence-electron chi connectivity index (χ2n) is 5.53. The number of ether oxygens (including phenoxy) is 3. The molecule has 0 aliphatic carbocycles. The average Bonchev–Trinajstić information content (AvgIpc) is 2.57. The largest absolute Gasteiger partial charge is 1.00 e. The standard InChI is InChI=1S/C17H27ClN2O3.2ClH/c1-3-23-17-15(18)11-14(12-16(17)21-2)13-19-5-4-6-20-7-9-22-10-8-20;;/h11-12,19H,3-10,13H2,1-2H3;2*1H/p-2. The van der Waals surface area contributed by atoms with Gasteiger partial charge in [-0.25, -0.2) is 0 Å². The fourth-order valence-electron chi connectivity index (χ4n) is 2.64. The first-order valence-electron chi connectivity index (χ1n) is 8.24. The third kappa shape index (κ3) is 8.20. The zero-order valence-corrected chi connectivity index (χ0v) is 17.1. The van der Waals surface area contributed by atoms with E-state index in [9.17, 15) is 0 Å². The van der Waals surface area contributed by atoms with Crippen LogP contribution in [0.15, 0.2) is 12.1 Å². The number of hydrogen-bond donors (Lipinski definition) is 1. The average molecular weight is 414 g/mol. The summed E-state index contributed by atoms with van der Waals surface area (Å²) in [5.41, 5.74) is 1.10.